The van der Waals surface area contributed by atoms with Crippen molar-refractivity contribution in [1.29, 1.82) is 0 Å². The molecule has 1 amide bonds. The summed E-state index contributed by atoms with van der Waals surface area (Å²) in [7, 11) is 3.77. The number of amides is 1. The number of benzene rings is 2. The number of anilines is 1. The lowest BCUT2D eigenvalue weighted by Crippen LogP contribution is -2.49. The van der Waals surface area contributed by atoms with Gasteiger partial charge in [0.05, 0.1) is 25.5 Å². The van der Waals surface area contributed by atoms with Gasteiger partial charge in [0.2, 0.25) is 0 Å². The van der Waals surface area contributed by atoms with Crippen molar-refractivity contribution in [1.82, 2.24) is 4.90 Å². The highest BCUT2D eigenvalue weighted by molar-refractivity contribution is 6.37. The Morgan fingerprint density at radius 1 is 1.30 bits per heavy atom. The number of aliphatic imine (C=N–C) groups is 1. The van der Waals surface area contributed by atoms with E-state index >= 15 is 0 Å². The molecular formula is C28H33ClN4O4. The number of nitrogens with zero attached hydrogens (tertiary/aromatic N) is 3. The molecule has 2 aliphatic rings. The number of likely N-dealkylation sites (N-methyl/N-ethyl adjacent to an activating group) is 1. The Morgan fingerprint density at radius 2 is 2.08 bits per heavy atom. The first-order valence-electron chi connectivity index (χ1n) is 12.3. The average Bonchev–Trinajstić information content (AvgIpc) is 2.87. The molecule has 0 aromatic heterocycles. The van der Waals surface area contributed by atoms with E-state index in [1.807, 2.05) is 44.1 Å². The fraction of sp³-hybridized carbons (Fsp3) is 0.393. The summed E-state index contributed by atoms with van der Waals surface area (Å²) in [6, 6.07) is 13.0. The molecule has 4 rings (SSSR count). The molecule has 0 unspecified atom stereocenters. The Kier molecular flexibility index (Phi) is 8.32. The minimum atomic E-state index is -0.388. The zero-order valence-electron chi connectivity index (χ0n) is 21.5. The van der Waals surface area contributed by atoms with Crippen LogP contribution in [0, 0.1) is 0 Å². The van der Waals surface area contributed by atoms with Crippen molar-refractivity contribution >= 4 is 40.9 Å². The molecular weight excluding hydrogens is 492 g/mol. The molecule has 196 valence electrons. The molecule has 0 saturated carbocycles. The maximum absolute atomic E-state index is 12.7. The van der Waals surface area contributed by atoms with Crippen LogP contribution >= 0.6 is 11.6 Å². The van der Waals surface area contributed by atoms with Crippen LogP contribution in [0.15, 0.2) is 58.7 Å². The second-order valence-electron chi connectivity index (χ2n) is 9.82. The summed E-state index contributed by atoms with van der Waals surface area (Å²) >= 11 is 6.12. The lowest BCUT2D eigenvalue weighted by molar-refractivity contribution is -0.194. The van der Waals surface area contributed by atoms with Crippen LogP contribution < -0.4 is 10.6 Å². The Balaban J connectivity index is 1.57. The molecule has 0 atom stereocenters. The summed E-state index contributed by atoms with van der Waals surface area (Å²) in [5, 5.41) is 0.526. The summed E-state index contributed by atoms with van der Waals surface area (Å²) in [6.45, 7) is 4.39. The summed E-state index contributed by atoms with van der Waals surface area (Å²) in [5.74, 6) is 0.0313. The maximum atomic E-state index is 12.7. The summed E-state index contributed by atoms with van der Waals surface area (Å²) in [4.78, 5) is 33.2. The lowest BCUT2D eigenvalue weighted by atomic mass is 9.98. The summed E-state index contributed by atoms with van der Waals surface area (Å²) in [5.41, 5.74) is 10.7. The zero-order chi connectivity index (χ0) is 26.6. The van der Waals surface area contributed by atoms with Gasteiger partial charge in [-0.15, -0.1) is 0 Å². The largest absolute Gasteiger partial charge is 0.400 e. The predicted octanol–water partition coefficient (Wildman–Crippen LogP) is 3.78. The second kappa shape index (κ2) is 11.5. The normalized spacial score (nSPS) is 17.6. The van der Waals surface area contributed by atoms with Gasteiger partial charge in [-0.05, 0) is 55.7 Å². The van der Waals surface area contributed by atoms with Crippen molar-refractivity contribution < 1.29 is 19.1 Å². The van der Waals surface area contributed by atoms with E-state index in [1.54, 1.807) is 29.2 Å². The Hall–Kier alpha value is -3.20. The zero-order valence-corrected chi connectivity index (χ0v) is 22.3. The number of hydrogen-bond acceptors (Lipinski definition) is 7. The Morgan fingerprint density at radius 3 is 2.76 bits per heavy atom. The second-order valence-corrected chi connectivity index (χ2v) is 10.3. The minimum absolute atomic E-state index is 0.0313. The van der Waals surface area contributed by atoms with E-state index in [0.717, 1.165) is 29.8 Å². The number of carbonyl (C=O) groups excluding carboxylic acids is 2. The van der Waals surface area contributed by atoms with Crippen molar-refractivity contribution in [2.24, 2.45) is 10.7 Å². The monoisotopic (exact) mass is 524 g/mol. The van der Waals surface area contributed by atoms with Crippen LogP contribution in [-0.2, 0) is 20.7 Å². The van der Waals surface area contributed by atoms with Crippen molar-refractivity contribution in [2.75, 3.05) is 51.9 Å². The topological polar surface area (TPSA) is 97.5 Å². The molecule has 0 spiro atoms. The number of rotatable bonds is 10. The Labute approximate surface area is 222 Å². The van der Waals surface area contributed by atoms with Gasteiger partial charge in [0.15, 0.2) is 6.29 Å². The van der Waals surface area contributed by atoms with Crippen LogP contribution in [0.25, 0.3) is 0 Å². The first-order valence-corrected chi connectivity index (χ1v) is 12.7. The van der Waals surface area contributed by atoms with Crippen molar-refractivity contribution in [3.05, 3.63) is 69.9 Å². The first-order chi connectivity index (χ1) is 17.7. The van der Waals surface area contributed by atoms with Gasteiger partial charge in [0, 0.05) is 54.7 Å². The fourth-order valence-corrected chi connectivity index (χ4v) is 4.52. The average molecular weight is 525 g/mol. The Bertz CT molecular complexity index is 1240. The lowest BCUT2D eigenvalue weighted by Gasteiger charge is -2.37. The third-order valence-corrected chi connectivity index (χ3v) is 7.02. The van der Waals surface area contributed by atoms with E-state index in [-0.39, 0.29) is 23.8 Å². The van der Waals surface area contributed by atoms with Crippen LogP contribution in [0.2, 0.25) is 5.02 Å². The molecule has 2 heterocycles. The SMILES string of the molecule is CN1CCc2ccc(N(C)CC/C(C(C=O)=Nc3cccc(Cl)c3)=C(/N)COC3(C)COC3)cc2C1=O. The maximum Gasteiger partial charge on any atom is 0.253 e. The van der Waals surface area contributed by atoms with Crippen molar-refractivity contribution in [2.45, 2.75) is 25.4 Å². The molecule has 2 aromatic rings. The highest BCUT2D eigenvalue weighted by Crippen LogP contribution is 2.26. The van der Waals surface area contributed by atoms with E-state index in [0.29, 0.717) is 54.4 Å². The third kappa shape index (κ3) is 6.39. The van der Waals surface area contributed by atoms with E-state index in [1.165, 1.54) is 0 Å². The van der Waals surface area contributed by atoms with Crippen LogP contribution in [0.1, 0.15) is 29.3 Å². The minimum Gasteiger partial charge on any atom is -0.400 e. The molecule has 0 radical (unpaired) electrons. The molecule has 2 N–H and O–H groups in total. The van der Waals surface area contributed by atoms with Gasteiger partial charge in [0.25, 0.3) is 5.91 Å². The predicted molar refractivity (Wildman–Crippen MR) is 146 cm³/mol. The quantitative estimate of drug-likeness (QED) is 0.375. The van der Waals surface area contributed by atoms with Gasteiger partial charge in [-0.3, -0.25) is 9.59 Å². The van der Waals surface area contributed by atoms with E-state index in [2.05, 4.69) is 4.99 Å². The smallest absolute Gasteiger partial charge is 0.253 e. The van der Waals surface area contributed by atoms with E-state index < -0.39 is 0 Å². The molecule has 37 heavy (non-hydrogen) atoms. The standard InChI is InChI=1S/C28H33ClN4O4/c1-28(17-36-18-28)37-16-25(30)23(26(15-34)31-21-6-4-5-20(29)13-21)10-12-32(2)22-8-7-19-9-11-33(3)27(35)24(19)14-22/h4-8,13-15H,9-12,16-18,30H2,1-3H3/b25-23-,31-26?. The molecule has 8 nitrogen and oxygen atoms in total. The number of fused-ring (bicyclic) bond motifs is 1. The van der Waals surface area contributed by atoms with Crippen LogP contribution in [0.3, 0.4) is 0 Å². The number of halogens is 1. The number of hydrogen-bond donors (Lipinski definition) is 1. The number of aldehydes is 1. The van der Waals surface area contributed by atoms with Crippen molar-refractivity contribution in [3.8, 4) is 0 Å². The van der Waals surface area contributed by atoms with Gasteiger partial charge < -0.3 is 25.0 Å². The number of ether oxygens (including phenoxy) is 2. The van der Waals surface area contributed by atoms with Gasteiger partial charge in [0.1, 0.15) is 11.3 Å². The molecule has 2 aromatic carbocycles. The van der Waals surface area contributed by atoms with Crippen LogP contribution in [0.4, 0.5) is 11.4 Å². The number of nitrogens with two attached hydrogens (primary N) is 1. The molecule has 0 aliphatic carbocycles. The molecule has 1 saturated heterocycles. The molecule has 1 fully saturated rings. The van der Waals surface area contributed by atoms with E-state index in [9.17, 15) is 9.59 Å². The van der Waals surface area contributed by atoms with Crippen LogP contribution in [-0.4, -0.2) is 75.4 Å². The molecule has 0 bridgehead atoms. The highest BCUT2D eigenvalue weighted by atomic mass is 35.5. The van der Waals surface area contributed by atoms with Crippen LogP contribution in [0.5, 0.6) is 0 Å². The number of carbonyl (C=O) groups is 2. The van der Waals surface area contributed by atoms with Gasteiger partial charge >= 0.3 is 0 Å². The summed E-state index contributed by atoms with van der Waals surface area (Å²) in [6.07, 6.45) is 2.00. The van der Waals surface area contributed by atoms with Gasteiger partial charge in [-0.25, -0.2) is 4.99 Å². The van der Waals surface area contributed by atoms with Gasteiger partial charge in [-0.2, -0.15) is 0 Å². The highest BCUT2D eigenvalue weighted by Gasteiger charge is 2.34. The van der Waals surface area contributed by atoms with Crippen molar-refractivity contribution in [3.63, 3.8) is 0 Å². The summed E-state index contributed by atoms with van der Waals surface area (Å²) < 4.78 is 11.3. The van der Waals surface area contributed by atoms with Gasteiger partial charge in [-0.1, -0.05) is 23.7 Å². The molecule has 2 aliphatic heterocycles. The first kappa shape index (κ1) is 26.9. The third-order valence-electron chi connectivity index (χ3n) is 6.78. The fourth-order valence-electron chi connectivity index (χ4n) is 4.34. The van der Waals surface area contributed by atoms with E-state index in [4.69, 9.17) is 26.8 Å². The molecule has 9 heteroatoms.